The fourth-order valence-electron chi connectivity index (χ4n) is 4.63. The van der Waals surface area contributed by atoms with E-state index < -0.39 is 0 Å². The van der Waals surface area contributed by atoms with Crippen LogP contribution in [0.4, 0.5) is 22.2 Å². The van der Waals surface area contributed by atoms with Crippen molar-refractivity contribution in [3.05, 3.63) is 35.5 Å². The van der Waals surface area contributed by atoms with Gasteiger partial charge in [-0.3, -0.25) is 0 Å². The van der Waals surface area contributed by atoms with Crippen molar-refractivity contribution in [2.24, 2.45) is 0 Å². The summed E-state index contributed by atoms with van der Waals surface area (Å²) in [6.45, 7) is 0. The highest BCUT2D eigenvalue weighted by molar-refractivity contribution is 5.89. The minimum absolute atomic E-state index is 0.167. The molecule has 0 bridgehead atoms. The highest BCUT2D eigenvalue weighted by Gasteiger charge is 2.25. The van der Waals surface area contributed by atoms with E-state index in [1.54, 1.807) is 13.2 Å². The summed E-state index contributed by atoms with van der Waals surface area (Å²) in [5.74, 6) is 2.50. The minimum atomic E-state index is -0.177. The van der Waals surface area contributed by atoms with Crippen molar-refractivity contribution in [2.75, 3.05) is 36.7 Å². The molecule has 2 aromatic rings. The predicted octanol–water partition coefficient (Wildman–Crippen LogP) is 3.97. The zero-order valence-corrected chi connectivity index (χ0v) is 19.3. The summed E-state index contributed by atoms with van der Waals surface area (Å²) in [5, 5.41) is 9.55. The molecule has 1 saturated carbocycles. The third-order valence-electron chi connectivity index (χ3n) is 6.31. The van der Waals surface area contributed by atoms with E-state index in [1.807, 2.05) is 18.2 Å². The van der Waals surface area contributed by atoms with Gasteiger partial charge in [-0.15, -0.1) is 0 Å². The number of benzene rings is 1. The van der Waals surface area contributed by atoms with Gasteiger partial charge in [0.05, 0.1) is 12.8 Å². The summed E-state index contributed by atoms with van der Waals surface area (Å²) in [7, 11) is 5.71. The Hall–Kier alpha value is -3.03. The van der Waals surface area contributed by atoms with Gasteiger partial charge >= 0.3 is 6.03 Å². The van der Waals surface area contributed by atoms with Crippen LogP contribution < -0.4 is 25.6 Å². The molecule has 0 unspecified atom stereocenters. The summed E-state index contributed by atoms with van der Waals surface area (Å²) in [6, 6.07) is 7.68. The molecule has 0 atom stereocenters. The molecule has 0 aliphatic heterocycles. The van der Waals surface area contributed by atoms with Crippen molar-refractivity contribution in [3.63, 3.8) is 0 Å². The van der Waals surface area contributed by atoms with Gasteiger partial charge in [0.15, 0.2) is 0 Å². The number of rotatable bonds is 6. The Morgan fingerprint density at radius 1 is 1.06 bits per heavy atom. The smallest absolute Gasteiger partial charge is 0.319 e. The van der Waals surface area contributed by atoms with Crippen molar-refractivity contribution in [2.45, 2.75) is 63.5 Å². The lowest BCUT2D eigenvalue weighted by Gasteiger charge is -2.30. The number of carbonyl (C=O) groups excluding carboxylic acids is 1. The van der Waals surface area contributed by atoms with Crippen LogP contribution >= 0.6 is 0 Å². The Kier molecular flexibility index (Phi) is 6.97. The molecule has 1 heterocycles. The van der Waals surface area contributed by atoms with E-state index in [2.05, 4.69) is 34.9 Å². The number of nitrogens with zero attached hydrogens (tertiary/aromatic N) is 3. The van der Waals surface area contributed by atoms with Crippen LogP contribution in [0, 0.1) is 0 Å². The lowest BCUT2D eigenvalue weighted by molar-refractivity contribution is 0.243. The number of anilines is 3. The fraction of sp³-hybridized carbons (Fsp3) is 0.542. The summed E-state index contributed by atoms with van der Waals surface area (Å²) in [6.07, 6.45) is 8.31. The van der Waals surface area contributed by atoms with Crippen molar-refractivity contribution >= 4 is 23.5 Å². The highest BCUT2D eigenvalue weighted by atomic mass is 16.5. The number of ether oxygens (including phenoxy) is 1. The molecular formula is C24H34N6O2. The summed E-state index contributed by atoms with van der Waals surface area (Å²) >= 11 is 0. The van der Waals surface area contributed by atoms with Gasteiger partial charge in [-0.2, -0.15) is 4.98 Å². The van der Waals surface area contributed by atoms with Crippen LogP contribution in [0.25, 0.3) is 0 Å². The molecule has 3 N–H and O–H groups in total. The van der Waals surface area contributed by atoms with Gasteiger partial charge in [0.25, 0.3) is 0 Å². The molecule has 1 fully saturated rings. The van der Waals surface area contributed by atoms with Crippen LogP contribution in [-0.4, -0.2) is 49.3 Å². The van der Waals surface area contributed by atoms with Gasteiger partial charge < -0.3 is 25.6 Å². The second-order valence-corrected chi connectivity index (χ2v) is 8.92. The molecule has 8 nitrogen and oxygen atoms in total. The Bertz CT molecular complexity index is 940. The zero-order valence-electron chi connectivity index (χ0n) is 19.3. The largest absolute Gasteiger partial charge is 0.497 e. The average Bonchev–Trinajstić information content (AvgIpc) is 2.80. The second kappa shape index (κ2) is 10.1. The quantitative estimate of drug-likeness (QED) is 0.632. The molecule has 2 aliphatic carbocycles. The van der Waals surface area contributed by atoms with E-state index in [1.165, 1.54) is 24.1 Å². The van der Waals surface area contributed by atoms with E-state index in [4.69, 9.17) is 14.7 Å². The van der Waals surface area contributed by atoms with Crippen LogP contribution in [0.15, 0.2) is 24.3 Å². The maximum Gasteiger partial charge on any atom is 0.319 e. The van der Waals surface area contributed by atoms with E-state index in [9.17, 15) is 4.79 Å². The Labute approximate surface area is 190 Å². The van der Waals surface area contributed by atoms with Gasteiger partial charge in [0, 0.05) is 43.5 Å². The SMILES string of the molecule is COc1cccc(NC(=O)N[C@H]2CC[C@@H](Nc3nc4c(c(N(C)C)n3)CCCC4)CC2)c1. The fourth-order valence-corrected chi connectivity index (χ4v) is 4.63. The molecule has 0 spiro atoms. The number of aryl methyl sites for hydroxylation is 1. The number of carbonyl (C=O) groups is 1. The Morgan fingerprint density at radius 2 is 1.81 bits per heavy atom. The summed E-state index contributed by atoms with van der Waals surface area (Å²) in [4.78, 5) is 24.1. The lowest BCUT2D eigenvalue weighted by atomic mass is 9.91. The number of hydrogen-bond acceptors (Lipinski definition) is 6. The van der Waals surface area contributed by atoms with E-state index >= 15 is 0 Å². The second-order valence-electron chi connectivity index (χ2n) is 8.92. The van der Waals surface area contributed by atoms with Gasteiger partial charge in [-0.05, 0) is 63.5 Å². The Balaban J connectivity index is 1.29. The van der Waals surface area contributed by atoms with E-state index in [0.29, 0.717) is 6.04 Å². The normalized spacial score (nSPS) is 20.1. The number of amides is 2. The third kappa shape index (κ3) is 5.41. The van der Waals surface area contributed by atoms with Crippen LogP contribution in [-0.2, 0) is 12.8 Å². The molecule has 32 heavy (non-hydrogen) atoms. The molecule has 1 aromatic heterocycles. The van der Waals surface area contributed by atoms with Crippen molar-refractivity contribution < 1.29 is 9.53 Å². The molecule has 8 heteroatoms. The first-order valence-corrected chi connectivity index (χ1v) is 11.6. The van der Waals surface area contributed by atoms with Gasteiger partial charge in [-0.1, -0.05) is 6.07 Å². The zero-order chi connectivity index (χ0) is 22.5. The number of aromatic nitrogens is 2. The summed E-state index contributed by atoms with van der Waals surface area (Å²) in [5.41, 5.74) is 3.22. The predicted molar refractivity (Wildman–Crippen MR) is 128 cm³/mol. The lowest BCUT2D eigenvalue weighted by Crippen LogP contribution is -2.42. The van der Waals surface area contributed by atoms with Crippen molar-refractivity contribution in [1.82, 2.24) is 15.3 Å². The standard InChI is InChI=1S/C24H34N6O2/c1-30(2)22-20-9-4-5-10-21(20)28-23(29-22)25-16-11-13-17(14-12-16)26-24(31)27-18-7-6-8-19(15-18)32-3/h6-8,15-17H,4-5,9-14H2,1-3H3,(H,25,28,29)(H2,26,27,31)/t16-,17+. The van der Waals surface area contributed by atoms with E-state index in [0.717, 1.165) is 61.7 Å². The monoisotopic (exact) mass is 438 g/mol. The number of methoxy groups -OCH3 is 1. The highest BCUT2D eigenvalue weighted by Crippen LogP contribution is 2.29. The van der Waals surface area contributed by atoms with Crippen LogP contribution in [0.1, 0.15) is 49.8 Å². The molecule has 0 radical (unpaired) electrons. The third-order valence-corrected chi connectivity index (χ3v) is 6.31. The molecule has 2 amide bonds. The maximum absolute atomic E-state index is 12.4. The number of urea groups is 1. The number of hydrogen-bond donors (Lipinski definition) is 3. The Morgan fingerprint density at radius 3 is 2.56 bits per heavy atom. The molecule has 2 aliphatic rings. The van der Waals surface area contributed by atoms with Crippen LogP contribution in [0.5, 0.6) is 5.75 Å². The summed E-state index contributed by atoms with van der Waals surface area (Å²) < 4.78 is 5.21. The number of fused-ring (bicyclic) bond motifs is 1. The van der Waals surface area contributed by atoms with Crippen molar-refractivity contribution in [3.8, 4) is 5.75 Å². The molecule has 1 aromatic carbocycles. The van der Waals surface area contributed by atoms with Gasteiger partial charge in [0.2, 0.25) is 5.95 Å². The van der Waals surface area contributed by atoms with E-state index in [-0.39, 0.29) is 12.1 Å². The topological polar surface area (TPSA) is 91.4 Å². The average molecular weight is 439 g/mol. The molecule has 172 valence electrons. The first kappa shape index (κ1) is 22.2. The van der Waals surface area contributed by atoms with Gasteiger partial charge in [-0.25, -0.2) is 9.78 Å². The van der Waals surface area contributed by atoms with Crippen molar-refractivity contribution in [1.29, 1.82) is 0 Å². The molecular weight excluding hydrogens is 404 g/mol. The first-order chi connectivity index (χ1) is 15.5. The van der Waals surface area contributed by atoms with Crippen LogP contribution in [0.2, 0.25) is 0 Å². The van der Waals surface area contributed by atoms with Crippen LogP contribution in [0.3, 0.4) is 0 Å². The minimum Gasteiger partial charge on any atom is -0.497 e. The molecule has 0 saturated heterocycles. The number of nitrogens with one attached hydrogen (secondary N) is 3. The first-order valence-electron chi connectivity index (χ1n) is 11.6. The maximum atomic E-state index is 12.4. The molecule has 4 rings (SSSR count). The van der Waals surface area contributed by atoms with Gasteiger partial charge in [0.1, 0.15) is 11.6 Å².